The Labute approximate surface area is 258 Å². The highest BCUT2D eigenvalue weighted by Crippen LogP contribution is 2.40. The van der Waals surface area contributed by atoms with E-state index < -0.39 is 46.5 Å². The normalized spacial score (nSPS) is 18.6. The van der Waals surface area contributed by atoms with Crippen LogP contribution in [0, 0.1) is 0 Å². The van der Waals surface area contributed by atoms with E-state index in [9.17, 15) is 34.5 Å². The second kappa shape index (κ2) is 13.2. The van der Waals surface area contributed by atoms with Gasteiger partial charge in [0.15, 0.2) is 17.5 Å². The van der Waals surface area contributed by atoms with Gasteiger partial charge >= 0.3 is 11.9 Å². The highest BCUT2D eigenvalue weighted by atomic mass is 32.2. The lowest BCUT2D eigenvalue weighted by molar-refractivity contribution is -0.767. The van der Waals surface area contributed by atoms with Crippen molar-refractivity contribution < 1.29 is 44.0 Å². The summed E-state index contributed by atoms with van der Waals surface area (Å²) in [5.74, 6) is -3.91. The Balaban J connectivity index is 1.58. The third kappa shape index (κ3) is 6.47. The molecule has 2 aromatic heterocycles. The Hall–Kier alpha value is -4.27. The van der Waals surface area contributed by atoms with Crippen molar-refractivity contribution in [3.8, 4) is 0 Å². The average molecular weight is 654 g/mol. The number of rotatable bonds is 14. The molecule has 0 bridgehead atoms. The van der Waals surface area contributed by atoms with Gasteiger partial charge in [-0.1, -0.05) is 5.16 Å². The largest absolute Gasteiger partial charge is 0.478 e. The number of anilines is 2. The molecule has 4 rings (SSSR count). The lowest BCUT2D eigenvalue weighted by Gasteiger charge is -2.49. The van der Waals surface area contributed by atoms with Crippen molar-refractivity contribution in [1.29, 1.82) is 0 Å². The maximum atomic E-state index is 13.3. The molecule has 2 amide bonds. The van der Waals surface area contributed by atoms with Gasteiger partial charge in [-0.05, 0) is 33.2 Å². The number of aryl methyl sites for hydroxylation is 1. The summed E-state index contributed by atoms with van der Waals surface area (Å²) in [5.41, 5.74) is 16.2. The van der Waals surface area contributed by atoms with Crippen molar-refractivity contribution in [2.24, 2.45) is 10.9 Å². The molecule has 0 aliphatic carbocycles. The van der Waals surface area contributed by atoms with Crippen LogP contribution in [0.15, 0.2) is 22.6 Å². The van der Waals surface area contributed by atoms with Gasteiger partial charge in [-0.3, -0.25) is 14.5 Å². The minimum absolute atomic E-state index is 0.00625. The molecule has 4 heterocycles. The quantitative estimate of drug-likeness (QED) is 0.0489. The van der Waals surface area contributed by atoms with Crippen LogP contribution in [-0.4, -0.2) is 99.6 Å². The van der Waals surface area contributed by atoms with E-state index in [1.54, 1.807) is 15.6 Å². The molecule has 10 N–H and O–H groups in total. The van der Waals surface area contributed by atoms with Crippen LogP contribution in [0.4, 0.5) is 10.9 Å². The third-order valence-electron chi connectivity index (χ3n) is 6.82. The average Bonchev–Trinajstić information content (AvgIpc) is 3.52. The molecule has 0 aromatic carbocycles. The first kappa shape index (κ1) is 32.6. The van der Waals surface area contributed by atoms with Crippen LogP contribution >= 0.6 is 23.3 Å². The monoisotopic (exact) mass is 653 g/mol. The number of nitrogens with one attached hydrogen (secondary N) is 1. The summed E-state index contributed by atoms with van der Waals surface area (Å²) in [6, 6.07) is -1.14. The molecule has 18 nitrogen and oxygen atoms in total. The number of carbonyl (C=O) groups is 4. The van der Waals surface area contributed by atoms with Crippen LogP contribution in [0.2, 0.25) is 0 Å². The fraction of sp³-hybridized carbons (Fsp3) is 0.500. The van der Waals surface area contributed by atoms with Gasteiger partial charge in [0.25, 0.3) is 11.8 Å². The Kier molecular flexibility index (Phi) is 9.76. The van der Waals surface area contributed by atoms with Crippen LogP contribution in [0.25, 0.3) is 0 Å². The highest BCUT2D eigenvalue weighted by Gasteiger charge is 2.55. The van der Waals surface area contributed by atoms with Crippen molar-refractivity contribution in [3.63, 3.8) is 0 Å². The predicted octanol–water partition coefficient (Wildman–Crippen LogP) is -2.30. The van der Waals surface area contributed by atoms with E-state index >= 15 is 0 Å². The molecule has 2 aliphatic rings. The van der Waals surface area contributed by atoms with Crippen molar-refractivity contribution in [1.82, 2.24) is 24.3 Å². The summed E-state index contributed by atoms with van der Waals surface area (Å²) in [5, 5.41) is 34.4. The zero-order valence-corrected chi connectivity index (χ0v) is 25.4. The van der Waals surface area contributed by atoms with Gasteiger partial charge in [0, 0.05) is 22.9 Å². The number of hydrogen-bond acceptors (Lipinski definition) is 14. The summed E-state index contributed by atoms with van der Waals surface area (Å²) in [4.78, 5) is 60.5. The fourth-order valence-corrected chi connectivity index (χ4v) is 6.27. The van der Waals surface area contributed by atoms with Crippen molar-refractivity contribution in [2.45, 2.75) is 56.8 Å². The van der Waals surface area contributed by atoms with Crippen molar-refractivity contribution >= 4 is 63.7 Å². The van der Waals surface area contributed by atoms with Gasteiger partial charge in [-0.2, -0.15) is 9.36 Å². The lowest BCUT2D eigenvalue weighted by Crippen LogP contribution is -2.71. The number of oxime groups is 1. The minimum Gasteiger partial charge on any atom is -0.478 e. The van der Waals surface area contributed by atoms with Crippen LogP contribution in [0.3, 0.4) is 0 Å². The molecule has 1 fully saturated rings. The first-order chi connectivity index (χ1) is 20.8. The number of aromatic nitrogens is 4. The van der Waals surface area contributed by atoms with Crippen molar-refractivity contribution in [2.75, 3.05) is 30.4 Å². The molecule has 2 atom stereocenters. The van der Waals surface area contributed by atoms with Gasteiger partial charge < -0.3 is 42.7 Å². The van der Waals surface area contributed by atoms with Gasteiger partial charge in [0.05, 0.1) is 12.2 Å². The zero-order chi connectivity index (χ0) is 32.3. The SMILES string of the molecule is CC(C)(O/N=C(/C(=O)N[C@@H]1C(=O)N2C(C(=O)O)=C(C[n+]3cc(CCCN)c(N)n3CCO)CS[C@H]12)c1nsc(N)n1)C(=O)O. The van der Waals surface area contributed by atoms with Crippen LogP contribution in [0.1, 0.15) is 31.7 Å². The van der Waals surface area contributed by atoms with Gasteiger partial charge in [-0.25, -0.2) is 9.59 Å². The van der Waals surface area contributed by atoms with Gasteiger partial charge in [0.2, 0.25) is 23.3 Å². The number of carbonyl (C=O) groups excluding carboxylic acids is 2. The first-order valence-corrected chi connectivity index (χ1v) is 15.1. The third-order valence-corrected chi connectivity index (χ3v) is 8.70. The van der Waals surface area contributed by atoms with E-state index in [1.165, 1.54) is 25.6 Å². The van der Waals surface area contributed by atoms with E-state index in [0.29, 0.717) is 30.8 Å². The summed E-state index contributed by atoms with van der Waals surface area (Å²) in [6.07, 6.45) is 3.06. The summed E-state index contributed by atoms with van der Waals surface area (Å²) in [7, 11) is 0. The summed E-state index contributed by atoms with van der Waals surface area (Å²) in [6.45, 7) is 2.95. The first-order valence-electron chi connectivity index (χ1n) is 13.3. The zero-order valence-electron chi connectivity index (χ0n) is 23.8. The number of nitrogen functional groups attached to an aromatic ring is 2. The number of nitrogens with two attached hydrogens (primary N) is 3. The maximum absolute atomic E-state index is 13.3. The standard InChI is InChI=1S/C24H32N10O8S2/c1-24(2,22(40)41)42-30-13(17-29-23(27)44-31-17)18(36)28-14-19(37)34-15(21(38)39)12(10-43-20(14)34)9-32-8-11(4-3-5-25)16(26)33(32)6-7-35/h8,14,20,26,35H,3-7,9-10,25H2,1-2H3,(H5,27,28,29,31,36,38,39,40,41)/p+1/b30-13+/t14-,20-/m1/s1. The Bertz CT molecular complexity index is 1530. The number of carboxylic acid groups (broad SMARTS) is 2. The predicted molar refractivity (Wildman–Crippen MR) is 157 cm³/mol. The number of aliphatic hydroxyl groups excluding tert-OH is 1. The number of aliphatic hydroxyl groups is 1. The molecule has 20 heteroatoms. The molecule has 1 saturated heterocycles. The van der Waals surface area contributed by atoms with E-state index in [1.807, 2.05) is 0 Å². The van der Waals surface area contributed by atoms with E-state index in [2.05, 4.69) is 19.8 Å². The molecule has 0 saturated carbocycles. The van der Waals surface area contributed by atoms with Gasteiger partial charge in [0.1, 0.15) is 23.7 Å². The molecule has 44 heavy (non-hydrogen) atoms. The number of fused-ring (bicyclic) bond motifs is 1. The fourth-order valence-electron chi connectivity index (χ4n) is 4.50. The molecular weight excluding hydrogens is 620 g/mol. The summed E-state index contributed by atoms with van der Waals surface area (Å²) >= 11 is 2.01. The molecular formula is C24H33N10O8S2+. The Morgan fingerprint density at radius 3 is 2.61 bits per heavy atom. The van der Waals surface area contributed by atoms with E-state index in [4.69, 9.17) is 22.0 Å². The molecule has 0 spiro atoms. The number of hydrogen-bond donors (Lipinski definition) is 7. The number of thioether (sulfide) groups is 1. The molecule has 0 unspecified atom stereocenters. The lowest BCUT2D eigenvalue weighted by atomic mass is 10.0. The van der Waals surface area contributed by atoms with Gasteiger partial charge in [-0.15, -0.1) is 21.1 Å². The Morgan fingerprint density at radius 2 is 2.02 bits per heavy atom. The van der Waals surface area contributed by atoms with Crippen molar-refractivity contribution in [3.05, 3.63) is 28.9 Å². The second-order valence-electron chi connectivity index (χ2n) is 10.3. The van der Waals surface area contributed by atoms with Crippen LogP contribution in [0.5, 0.6) is 0 Å². The minimum atomic E-state index is -1.81. The van der Waals surface area contributed by atoms with E-state index in [0.717, 1.165) is 22.0 Å². The second-order valence-corrected chi connectivity index (χ2v) is 12.2. The number of β-lactam (4-membered cyclic amide) rings is 1. The Morgan fingerprint density at radius 1 is 1.30 bits per heavy atom. The molecule has 238 valence electrons. The highest BCUT2D eigenvalue weighted by molar-refractivity contribution is 8.00. The molecule has 0 radical (unpaired) electrons. The number of carboxylic acids is 2. The number of amides is 2. The van der Waals surface area contributed by atoms with E-state index in [-0.39, 0.29) is 42.1 Å². The molecule has 2 aromatic rings. The molecule has 2 aliphatic heterocycles. The maximum Gasteiger partial charge on any atom is 0.352 e. The number of nitrogens with zero attached hydrogens (tertiary/aromatic N) is 6. The topological polar surface area (TPSA) is 278 Å². The number of aliphatic carboxylic acids is 2. The smallest absolute Gasteiger partial charge is 0.352 e. The summed E-state index contributed by atoms with van der Waals surface area (Å²) < 4.78 is 7.27. The van der Waals surface area contributed by atoms with Crippen LogP contribution < -0.4 is 27.2 Å². The van der Waals surface area contributed by atoms with Crippen LogP contribution in [-0.2, 0) is 43.5 Å².